The second kappa shape index (κ2) is 5.82. The minimum Gasteiger partial charge on any atom is -0.312 e. The number of carbonyl (C=O) groups excluding carboxylic acids is 1. The van der Waals surface area contributed by atoms with E-state index in [4.69, 9.17) is 0 Å². The quantitative estimate of drug-likeness (QED) is 0.729. The monoisotopic (exact) mass is 285 g/mol. The first-order valence-electron chi connectivity index (χ1n) is 8.62. The molecule has 1 heterocycles. The largest absolute Gasteiger partial charge is 0.312 e. The predicted octanol–water partition coefficient (Wildman–Crippen LogP) is 4.89. The van der Waals surface area contributed by atoms with Gasteiger partial charge in [-0.3, -0.25) is 4.79 Å². The fourth-order valence-corrected chi connectivity index (χ4v) is 3.96. The van der Waals surface area contributed by atoms with Gasteiger partial charge in [0, 0.05) is 12.2 Å². The molecule has 0 spiro atoms. The molecule has 3 rings (SSSR count). The Hall–Kier alpha value is -1.31. The van der Waals surface area contributed by atoms with E-state index in [0.29, 0.717) is 5.91 Å². The van der Waals surface area contributed by atoms with Gasteiger partial charge in [-0.25, -0.2) is 0 Å². The van der Waals surface area contributed by atoms with Gasteiger partial charge in [0.25, 0.3) is 0 Å². The Labute approximate surface area is 128 Å². The van der Waals surface area contributed by atoms with Crippen LogP contribution in [0.2, 0.25) is 0 Å². The van der Waals surface area contributed by atoms with Crippen molar-refractivity contribution in [2.24, 2.45) is 5.41 Å². The molecule has 0 unspecified atom stereocenters. The van der Waals surface area contributed by atoms with Crippen LogP contribution in [0.25, 0.3) is 0 Å². The minimum atomic E-state index is -0.0847. The van der Waals surface area contributed by atoms with Gasteiger partial charge in [0.2, 0.25) is 5.91 Å². The fourth-order valence-electron chi connectivity index (χ4n) is 3.96. The summed E-state index contributed by atoms with van der Waals surface area (Å²) in [5.74, 6) is 1.15. The molecule has 1 amide bonds. The average Bonchev–Trinajstić information content (AvgIpc) is 3.28. The van der Waals surface area contributed by atoms with Crippen molar-refractivity contribution in [2.45, 2.75) is 64.7 Å². The van der Waals surface area contributed by atoms with Gasteiger partial charge in [0.15, 0.2) is 0 Å². The maximum absolute atomic E-state index is 13.0. The zero-order valence-corrected chi connectivity index (χ0v) is 13.4. The summed E-state index contributed by atoms with van der Waals surface area (Å²) in [6.45, 7) is 5.27. The third-order valence-corrected chi connectivity index (χ3v) is 5.22. The Balaban J connectivity index is 1.78. The highest BCUT2D eigenvalue weighted by Gasteiger charge is 2.45. The highest BCUT2D eigenvalue weighted by molar-refractivity contribution is 5.99. The Morgan fingerprint density at radius 2 is 1.71 bits per heavy atom. The summed E-state index contributed by atoms with van der Waals surface area (Å²) < 4.78 is 0. The molecule has 1 aliphatic heterocycles. The number of carbonyl (C=O) groups is 1. The Morgan fingerprint density at radius 3 is 2.24 bits per heavy atom. The van der Waals surface area contributed by atoms with Crippen molar-refractivity contribution in [3.8, 4) is 0 Å². The van der Waals surface area contributed by atoms with Crippen LogP contribution in [0.3, 0.4) is 0 Å². The molecular formula is C19H27NO. The van der Waals surface area contributed by atoms with Gasteiger partial charge in [-0.2, -0.15) is 0 Å². The van der Waals surface area contributed by atoms with Gasteiger partial charge in [-0.15, -0.1) is 0 Å². The maximum atomic E-state index is 13.0. The Bertz CT molecular complexity index is 495. The molecule has 114 valence electrons. The van der Waals surface area contributed by atoms with Gasteiger partial charge < -0.3 is 4.90 Å². The van der Waals surface area contributed by atoms with Crippen molar-refractivity contribution in [1.82, 2.24) is 0 Å². The molecule has 0 radical (unpaired) electrons. The van der Waals surface area contributed by atoms with E-state index >= 15 is 0 Å². The molecule has 1 aromatic carbocycles. The topological polar surface area (TPSA) is 20.3 Å². The first-order chi connectivity index (χ1) is 10.2. The molecule has 0 atom stereocenters. The smallest absolute Gasteiger partial charge is 0.233 e. The lowest BCUT2D eigenvalue weighted by Crippen LogP contribution is -2.34. The van der Waals surface area contributed by atoms with Gasteiger partial charge in [0.1, 0.15) is 0 Å². The molecule has 2 nitrogen and oxygen atoms in total. The number of nitrogens with zero attached hydrogens (tertiary/aromatic N) is 1. The molecule has 21 heavy (non-hydrogen) atoms. The Kier molecular flexibility index (Phi) is 4.05. The number of anilines is 1. The first-order valence-corrected chi connectivity index (χ1v) is 8.62. The summed E-state index contributed by atoms with van der Waals surface area (Å²) in [4.78, 5) is 15.0. The van der Waals surface area contributed by atoms with E-state index in [1.807, 2.05) is 4.90 Å². The molecular weight excluding hydrogens is 258 g/mol. The van der Waals surface area contributed by atoms with E-state index in [2.05, 4.69) is 38.1 Å². The van der Waals surface area contributed by atoms with Crippen molar-refractivity contribution in [3.05, 3.63) is 29.8 Å². The van der Waals surface area contributed by atoms with Crippen LogP contribution < -0.4 is 4.90 Å². The van der Waals surface area contributed by atoms with Crippen molar-refractivity contribution >= 4 is 11.6 Å². The SMILES string of the molecule is CCCC1(CCC)CCN(c2ccc(C3CC3)cc2)C1=O. The first kappa shape index (κ1) is 14.6. The van der Waals surface area contributed by atoms with Crippen molar-refractivity contribution in [3.63, 3.8) is 0 Å². The maximum Gasteiger partial charge on any atom is 0.233 e. The van der Waals surface area contributed by atoms with E-state index < -0.39 is 0 Å². The van der Waals surface area contributed by atoms with Gasteiger partial charge in [0.05, 0.1) is 5.41 Å². The lowest BCUT2D eigenvalue weighted by molar-refractivity contribution is -0.126. The molecule has 1 saturated carbocycles. The summed E-state index contributed by atoms with van der Waals surface area (Å²) in [5, 5.41) is 0. The highest BCUT2D eigenvalue weighted by Crippen LogP contribution is 2.44. The zero-order valence-electron chi connectivity index (χ0n) is 13.4. The molecule has 0 aromatic heterocycles. The van der Waals surface area contributed by atoms with Crippen LogP contribution in [-0.4, -0.2) is 12.5 Å². The molecule has 1 aliphatic carbocycles. The zero-order chi connectivity index (χ0) is 14.9. The van der Waals surface area contributed by atoms with Gasteiger partial charge in [-0.1, -0.05) is 38.8 Å². The second-order valence-electron chi connectivity index (χ2n) is 6.85. The van der Waals surface area contributed by atoms with E-state index in [1.165, 1.54) is 18.4 Å². The number of hydrogen-bond acceptors (Lipinski definition) is 1. The van der Waals surface area contributed by atoms with Crippen LogP contribution >= 0.6 is 0 Å². The van der Waals surface area contributed by atoms with Crippen LogP contribution in [0, 0.1) is 5.41 Å². The standard InChI is InChI=1S/C19H27NO/c1-3-11-19(12-4-2)13-14-20(18(19)21)17-9-7-16(8-10-17)15-5-6-15/h7-10,15H,3-6,11-14H2,1-2H3. The average molecular weight is 285 g/mol. The second-order valence-corrected chi connectivity index (χ2v) is 6.85. The normalized spacial score (nSPS) is 21.0. The lowest BCUT2D eigenvalue weighted by atomic mass is 9.78. The molecule has 2 fully saturated rings. The van der Waals surface area contributed by atoms with Crippen LogP contribution in [-0.2, 0) is 4.79 Å². The lowest BCUT2D eigenvalue weighted by Gasteiger charge is -2.27. The molecule has 1 saturated heterocycles. The van der Waals surface area contributed by atoms with E-state index in [9.17, 15) is 4.79 Å². The number of rotatable bonds is 6. The molecule has 1 aromatic rings. The molecule has 2 heteroatoms. The molecule has 2 aliphatic rings. The molecule has 0 N–H and O–H groups in total. The van der Waals surface area contributed by atoms with Crippen LogP contribution in [0.1, 0.15) is 70.3 Å². The summed E-state index contributed by atoms with van der Waals surface area (Å²) in [7, 11) is 0. The fraction of sp³-hybridized carbons (Fsp3) is 0.632. The van der Waals surface area contributed by atoms with E-state index in [0.717, 1.165) is 50.3 Å². The van der Waals surface area contributed by atoms with Gasteiger partial charge >= 0.3 is 0 Å². The van der Waals surface area contributed by atoms with E-state index in [1.54, 1.807) is 0 Å². The van der Waals surface area contributed by atoms with Gasteiger partial charge in [-0.05, 0) is 55.7 Å². The summed E-state index contributed by atoms with van der Waals surface area (Å²) in [5.41, 5.74) is 2.45. The van der Waals surface area contributed by atoms with Crippen molar-refractivity contribution in [1.29, 1.82) is 0 Å². The third-order valence-electron chi connectivity index (χ3n) is 5.22. The summed E-state index contributed by atoms with van der Waals surface area (Å²) in [6, 6.07) is 8.75. The number of benzene rings is 1. The van der Waals surface area contributed by atoms with Crippen molar-refractivity contribution in [2.75, 3.05) is 11.4 Å². The summed E-state index contributed by atoms with van der Waals surface area (Å²) >= 11 is 0. The van der Waals surface area contributed by atoms with E-state index in [-0.39, 0.29) is 5.41 Å². The molecule has 0 bridgehead atoms. The minimum absolute atomic E-state index is 0.0847. The summed E-state index contributed by atoms with van der Waals surface area (Å²) in [6.07, 6.45) is 7.96. The third kappa shape index (κ3) is 2.73. The number of hydrogen-bond donors (Lipinski definition) is 0. The highest BCUT2D eigenvalue weighted by atomic mass is 16.2. The Morgan fingerprint density at radius 1 is 1.10 bits per heavy atom. The van der Waals surface area contributed by atoms with Crippen molar-refractivity contribution < 1.29 is 4.79 Å². The van der Waals surface area contributed by atoms with Crippen LogP contribution in [0.5, 0.6) is 0 Å². The predicted molar refractivity (Wildman–Crippen MR) is 87.6 cm³/mol. The number of amides is 1. The van der Waals surface area contributed by atoms with Crippen LogP contribution in [0.4, 0.5) is 5.69 Å². The van der Waals surface area contributed by atoms with Crippen LogP contribution in [0.15, 0.2) is 24.3 Å².